The number of rotatable bonds is 12. The normalized spacial score (nSPS) is 11.9. The second-order valence-corrected chi connectivity index (χ2v) is 9.41. The summed E-state index contributed by atoms with van der Waals surface area (Å²) < 4.78 is 0. The lowest BCUT2D eigenvalue weighted by Crippen LogP contribution is -2.40. The molecule has 5 N–H and O–H groups in total. The predicted molar refractivity (Wildman–Crippen MR) is 146 cm³/mol. The maximum atomic E-state index is 12.2. The number of aromatic amines is 1. The zero-order valence-corrected chi connectivity index (χ0v) is 22.0. The van der Waals surface area contributed by atoms with Gasteiger partial charge in [-0.2, -0.15) is 0 Å². The van der Waals surface area contributed by atoms with Gasteiger partial charge in [0.15, 0.2) is 16.6 Å². The molecule has 1 heterocycles. The first-order chi connectivity index (χ1) is 17.4. The maximum absolute atomic E-state index is 12.2. The van der Waals surface area contributed by atoms with Crippen LogP contribution in [-0.2, 0) is 14.4 Å². The highest BCUT2D eigenvalue weighted by Gasteiger charge is 2.21. The molecule has 0 spiro atoms. The van der Waals surface area contributed by atoms with Crippen LogP contribution in [0.15, 0.2) is 37.9 Å². The number of anilines is 1. The first-order valence-electron chi connectivity index (χ1n) is 10.8. The number of carbonyl (C=O) groups is 3. The number of nitrogens with zero attached hydrogens (tertiary/aromatic N) is 3. The van der Waals surface area contributed by atoms with E-state index in [4.69, 9.17) is 17.3 Å². The lowest BCUT2D eigenvalue weighted by atomic mass is 10.1. The number of thioether (sulfide) groups is 1. The quantitative estimate of drug-likeness (QED) is 0.150. The smallest absolute Gasteiger partial charge is 0.326 e. The van der Waals surface area contributed by atoms with Gasteiger partial charge in [0.25, 0.3) is 5.56 Å². The van der Waals surface area contributed by atoms with Crippen molar-refractivity contribution in [2.75, 3.05) is 11.9 Å². The first kappa shape index (κ1) is 29.3. The topological polar surface area (TPSA) is 186 Å². The van der Waals surface area contributed by atoms with Crippen molar-refractivity contribution < 1.29 is 24.6 Å². The Bertz CT molecular complexity index is 1320. The number of aryl methyl sites for hydroxylation is 1. The molecule has 0 bridgehead atoms. The Labute approximate surface area is 221 Å². The molecule has 12 nitrogen and oxygen atoms in total. The van der Waals surface area contributed by atoms with Crippen molar-refractivity contribution in [1.82, 2.24) is 15.3 Å². The summed E-state index contributed by atoms with van der Waals surface area (Å²) in [6.45, 7) is 8.38. The summed E-state index contributed by atoms with van der Waals surface area (Å²) in [5.41, 5.74) is 1.18. The molecule has 2 aromatic rings. The van der Waals surface area contributed by atoms with Crippen LogP contribution in [0, 0.1) is 6.92 Å². The van der Waals surface area contributed by atoms with Gasteiger partial charge in [-0.3, -0.25) is 14.4 Å². The van der Waals surface area contributed by atoms with E-state index < -0.39 is 23.5 Å². The van der Waals surface area contributed by atoms with E-state index in [2.05, 4.69) is 37.3 Å². The van der Waals surface area contributed by atoms with Gasteiger partial charge >= 0.3 is 11.9 Å². The van der Waals surface area contributed by atoms with Crippen molar-refractivity contribution in [3.05, 3.63) is 39.9 Å². The molecule has 0 aliphatic rings. The molecule has 0 fully saturated rings. The monoisotopic (exact) mass is 546 g/mol. The van der Waals surface area contributed by atoms with Gasteiger partial charge in [-0.05, 0) is 45.2 Å². The van der Waals surface area contributed by atoms with Crippen LogP contribution in [0.2, 0.25) is 0 Å². The van der Waals surface area contributed by atoms with Crippen molar-refractivity contribution >= 4 is 75.6 Å². The Kier molecular flexibility index (Phi) is 10.6. The highest BCUT2D eigenvalue weighted by atomic mass is 32.2. The van der Waals surface area contributed by atoms with Crippen molar-refractivity contribution in [1.29, 1.82) is 0 Å². The zero-order valence-electron chi connectivity index (χ0n) is 20.3. The summed E-state index contributed by atoms with van der Waals surface area (Å²) >= 11 is 6.28. The standard InChI is InChI=1S/C23H26N6O6S2/c1-11(26-19-20(24-4)27-12(2)28-21(19)33)10-25-14-5-6-15(17(9-14)37-13(3)30)22(36)29-16(23(34)35)7-8-18(31)32/h5-6,9,16,25H,4,7-8,10H2,1-3H3,(H,29,36)(H,31,32)(H,34,35)(H,27,28,33)/t16-/m0/s1. The zero-order chi connectivity index (χ0) is 27.7. The van der Waals surface area contributed by atoms with Crippen LogP contribution in [0.1, 0.15) is 38.1 Å². The van der Waals surface area contributed by atoms with Crippen molar-refractivity contribution in [3.8, 4) is 0 Å². The third-order valence-electron chi connectivity index (χ3n) is 4.73. The molecule has 0 amide bonds. The summed E-state index contributed by atoms with van der Waals surface area (Å²) in [7, 11) is 0. The largest absolute Gasteiger partial charge is 0.481 e. The highest BCUT2D eigenvalue weighted by Crippen LogP contribution is 2.28. The van der Waals surface area contributed by atoms with Crippen molar-refractivity contribution in [2.45, 2.75) is 44.6 Å². The average Bonchev–Trinajstić information content (AvgIpc) is 2.81. The lowest BCUT2D eigenvalue weighted by Gasteiger charge is -2.18. The Hall–Kier alpha value is -3.91. The minimum Gasteiger partial charge on any atom is -0.481 e. The number of carboxylic acids is 2. The van der Waals surface area contributed by atoms with Crippen LogP contribution >= 0.6 is 24.0 Å². The number of hydrogen-bond acceptors (Lipinski definition) is 10. The van der Waals surface area contributed by atoms with E-state index in [9.17, 15) is 24.3 Å². The third kappa shape index (κ3) is 8.91. The van der Waals surface area contributed by atoms with Gasteiger partial charge in [-0.1, -0.05) is 24.0 Å². The molecule has 2 rings (SSSR count). The van der Waals surface area contributed by atoms with Gasteiger partial charge in [0.05, 0.1) is 6.54 Å². The van der Waals surface area contributed by atoms with Crippen LogP contribution in [0.25, 0.3) is 0 Å². The first-order valence-corrected chi connectivity index (χ1v) is 12.1. The van der Waals surface area contributed by atoms with Crippen molar-refractivity contribution in [2.24, 2.45) is 9.98 Å². The van der Waals surface area contributed by atoms with Crippen LogP contribution in [-0.4, -0.2) is 67.2 Å². The number of H-pyrrole nitrogens is 1. The van der Waals surface area contributed by atoms with Crippen LogP contribution < -0.4 is 16.2 Å². The van der Waals surface area contributed by atoms with E-state index >= 15 is 0 Å². The van der Waals surface area contributed by atoms with E-state index in [1.165, 1.54) is 6.92 Å². The number of hydrogen-bond donors (Lipinski definition) is 5. The molecule has 0 aliphatic heterocycles. The molecular formula is C23H26N6O6S2. The second kappa shape index (κ2) is 13.4. The molecule has 14 heteroatoms. The Balaban J connectivity index is 2.24. The second-order valence-electron chi connectivity index (χ2n) is 7.78. The Morgan fingerprint density at radius 3 is 2.57 bits per heavy atom. The molecule has 0 unspecified atom stereocenters. The van der Waals surface area contributed by atoms with Gasteiger partial charge in [-0.15, -0.1) is 0 Å². The fourth-order valence-electron chi connectivity index (χ4n) is 3.06. The van der Waals surface area contributed by atoms with Gasteiger partial charge < -0.3 is 25.8 Å². The molecule has 1 aromatic carbocycles. The molecule has 0 saturated heterocycles. The van der Waals surface area contributed by atoms with Crippen molar-refractivity contribution in [3.63, 3.8) is 0 Å². The molecule has 1 aromatic heterocycles. The van der Waals surface area contributed by atoms with E-state index in [-0.39, 0.29) is 41.0 Å². The number of carboxylic acid groups (broad SMARTS) is 2. The third-order valence-corrected chi connectivity index (χ3v) is 5.91. The summed E-state index contributed by atoms with van der Waals surface area (Å²) in [5, 5.41) is 23.9. The van der Waals surface area contributed by atoms with Gasteiger partial charge in [0.2, 0.25) is 0 Å². The number of carbonyl (C=O) groups excluding carboxylic acids is 1. The summed E-state index contributed by atoms with van der Waals surface area (Å²) in [6.07, 6.45) is -0.513. The Morgan fingerprint density at radius 1 is 1.27 bits per heavy atom. The highest BCUT2D eigenvalue weighted by molar-refractivity contribution is 8.13. The number of aliphatic imine (C=N–C) groups is 2. The summed E-state index contributed by atoms with van der Waals surface area (Å²) in [5.74, 6) is -1.85. The molecule has 37 heavy (non-hydrogen) atoms. The number of benzene rings is 1. The number of aromatic nitrogens is 2. The van der Waals surface area contributed by atoms with E-state index in [1.807, 2.05) is 0 Å². The van der Waals surface area contributed by atoms with E-state index in [0.29, 0.717) is 27.7 Å². The van der Waals surface area contributed by atoms with Gasteiger partial charge in [-0.25, -0.2) is 19.8 Å². The van der Waals surface area contributed by atoms with Crippen LogP contribution in [0.3, 0.4) is 0 Å². The van der Waals surface area contributed by atoms with E-state index in [0.717, 1.165) is 11.8 Å². The minimum atomic E-state index is -1.24. The number of thiocarbonyl (C=S) groups is 1. The lowest BCUT2D eigenvalue weighted by molar-refractivity contribution is -0.140. The van der Waals surface area contributed by atoms with Crippen LogP contribution in [0.5, 0.6) is 0 Å². The molecule has 196 valence electrons. The molecule has 0 aliphatic carbocycles. The molecule has 0 radical (unpaired) electrons. The molecular weight excluding hydrogens is 520 g/mol. The fourth-order valence-corrected chi connectivity index (χ4v) is 4.22. The molecule has 1 atom stereocenters. The average molecular weight is 547 g/mol. The maximum Gasteiger partial charge on any atom is 0.326 e. The number of nitrogens with one attached hydrogen (secondary N) is 3. The fraction of sp³-hybridized carbons (Fsp3) is 0.304. The van der Waals surface area contributed by atoms with Gasteiger partial charge in [0, 0.05) is 35.2 Å². The van der Waals surface area contributed by atoms with E-state index in [1.54, 1.807) is 32.0 Å². The van der Waals surface area contributed by atoms with Crippen LogP contribution in [0.4, 0.5) is 17.2 Å². The predicted octanol–water partition coefficient (Wildman–Crippen LogP) is 2.84. The molecule has 0 saturated carbocycles. The minimum absolute atomic E-state index is 0.0374. The number of aliphatic carboxylic acids is 2. The Morgan fingerprint density at radius 2 is 1.97 bits per heavy atom. The summed E-state index contributed by atoms with van der Waals surface area (Å²) in [6, 6.07) is 3.78. The summed E-state index contributed by atoms with van der Waals surface area (Å²) in [4.78, 5) is 61.7. The van der Waals surface area contributed by atoms with Gasteiger partial charge in [0.1, 0.15) is 16.9 Å². The SMILES string of the molecule is C=Nc1nc(C)[nH]c(=O)c1N=C(C)CNc1ccc(C(=S)N[C@@H](CCC(=O)O)C(=O)O)c(SC(C)=O)c1.